The van der Waals surface area contributed by atoms with Crippen LogP contribution in [0.4, 0.5) is 0 Å². The lowest BCUT2D eigenvalue weighted by molar-refractivity contribution is 0.331. The molecule has 100 valence electrons. The Morgan fingerprint density at radius 1 is 1.05 bits per heavy atom. The molecule has 0 bridgehead atoms. The number of rotatable bonds is 6. The Morgan fingerprint density at radius 2 is 1.79 bits per heavy atom. The van der Waals surface area contributed by atoms with Crippen molar-refractivity contribution in [2.24, 2.45) is 5.73 Å². The molecule has 0 aliphatic carbocycles. The van der Waals surface area contributed by atoms with Crippen LogP contribution < -0.4 is 5.73 Å². The molecule has 0 atom stereocenters. The van der Waals surface area contributed by atoms with E-state index >= 15 is 0 Å². The van der Waals surface area contributed by atoms with Gasteiger partial charge in [0, 0.05) is 32.0 Å². The number of hydrogen-bond acceptors (Lipinski definition) is 3. The number of nitrogens with zero attached hydrogens (tertiary/aromatic N) is 2. The molecule has 3 nitrogen and oxygen atoms in total. The molecule has 0 radical (unpaired) electrons. The molecule has 0 fully saturated rings. The van der Waals surface area contributed by atoms with Crippen LogP contribution in [0.2, 0.25) is 0 Å². The van der Waals surface area contributed by atoms with Gasteiger partial charge in [-0.3, -0.25) is 4.98 Å². The predicted molar refractivity (Wildman–Crippen MR) is 78.6 cm³/mol. The molecule has 0 saturated heterocycles. The summed E-state index contributed by atoms with van der Waals surface area (Å²) in [6.07, 6.45) is 4.78. The molecule has 2 N–H and O–H groups in total. The molecule has 2 aromatic rings. The number of aromatic nitrogens is 1. The van der Waals surface area contributed by atoms with Crippen LogP contribution >= 0.6 is 0 Å². The maximum absolute atomic E-state index is 5.60. The van der Waals surface area contributed by atoms with E-state index < -0.39 is 0 Å². The summed E-state index contributed by atoms with van der Waals surface area (Å²) in [5.41, 5.74) is 9.39. The average molecular weight is 255 g/mol. The van der Waals surface area contributed by atoms with Crippen molar-refractivity contribution in [3.8, 4) is 0 Å². The SMILES string of the molecule is CN(CCc1cccnc1)Cc1ccc(CN)cc1. The van der Waals surface area contributed by atoms with Gasteiger partial charge in [-0.1, -0.05) is 30.3 Å². The Labute approximate surface area is 115 Å². The average Bonchev–Trinajstić information content (AvgIpc) is 2.47. The molecular formula is C16H21N3. The number of hydrogen-bond donors (Lipinski definition) is 1. The fraction of sp³-hybridized carbons (Fsp3) is 0.312. The maximum atomic E-state index is 5.60. The van der Waals surface area contributed by atoms with Crippen LogP contribution in [0.25, 0.3) is 0 Å². The van der Waals surface area contributed by atoms with Crippen LogP contribution in [0, 0.1) is 0 Å². The van der Waals surface area contributed by atoms with Crippen LogP contribution in [0.3, 0.4) is 0 Å². The first kappa shape index (κ1) is 13.7. The molecule has 0 aliphatic rings. The van der Waals surface area contributed by atoms with Crippen LogP contribution in [0.1, 0.15) is 16.7 Å². The van der Waals surface area contributed by atoms with E-state index in [2.05, 4.69) is 47.3 Å². The number of benzene rings is 1. The maximum Gasteiger partial charge on any atom is 0.0300 e. The van der Waals surface area contributed by atoms with Gasteiger partial charge in [0.25, 0.3) is 0 Å². The van der Waals surface area contributed by atoms with Crippen LogP contribution in [0.15, 0.2) is 48.8 Å². The van der Waals surface area contributed by atoms with Crippen LogP contribution in [-0.2, 0) is 19.5 Å². The minimum absolute atomic E-state index is 0.608. The Bertz CT molecular complexity index is 479. The van der Waals surface area contributed by atoms with Gasteiger partial charge in [0.05, 0.1) is 0 Å². The van der Waals surface area contributed by atoms with E-state index in [9.17, 15) is 0 Å². The molecule has 0 amide bonds. The topological polar surface area (TPSA) is 42.2 Å². The standard InChI is InChI=1S/C16H21N3/c1-19(10-8-15-3-2-9-18-12-15)13-16-6-4-14(11-17)5-7-16/h2-7,9,12H,8,10-11,13,17H2,1H3. The summed E-state index contributed by atoms with van der Waals surface area (Å²) in [6.45, 7) is 2.60. The predicted octanol–water partition coefficient (Wildman–Crippen LogP) is 2.21. The monoisotopic (exact) mass is 255 g/mol. The highest BCUT2D eigenvalue weighted by molar-refractivity contribution is 5.22. The Morgan fingerprint density at radius 3 is 2.42 bits per heavy atom. The lowest BCUT2D eigenvalue weighted by atomic mass is 10.1. The minimum atomic E-state index is 0.608. The zero-order valence-corrected chi connectivity index (χ0v) is 11.4. The Kier molecular flexibility index (Phi) is 5.07. The second kappa shape index (κ2) is 7.02. The summed E-state index contributed by atoms with van der Waals surface area (Å²) in [6, 6.07) is 12.6. The third-order valence-corrected chi connectivity index (χ3v) is 3.22. The van der Waals surface area contributed by atoms with E-state index in [4.69, 9.17) is 5.73 Å². The highest BCUT2D eigenvalue weighted by Gasteiger charge is 2.01. The van der Waals surface area contributed by atoms with E-state index in [0.717, 1.165) is 19.5 Å². The van der Waals surface area contributed by atoms with Crippen molar-refractivity contribution in [1.29, 1.82) is 0 Å². The normalized spacial score (nSPS) is 10.9. The molecule has 1 heterocycles. The van der Waals surface area contributed by atoms with E-state index in [1.807, 2.05) is 18.5 Å². The summed E-state index contributed by atoms with van der Waals surface area (Å²) < 4.78 is 0. The van der Waals surface area contributed by atoms with Gasteiger partial charge < -0.3 is 10.6 Å². The fourth-order valence-corrected chi connectivity index (χ4v) is 2.04. The number of nitrogens with two attached hydrogens (primary N) is 1. The van der Waals surface area contributed by atoms with Crippen molar-refractivity contribution in [1.82, 2.24) is 9.88 Å². The fourth-order valence-electron chi connectivity index (χ4n) is 2.04. The minimum Gasteiger partial charge on any atom is -0.326 e. The van der Waals surface area contributed by atoms with Gasteiger partial charge in [0.1, 0.15) is 0 Å². The van der Waals surface area contributed by atoms with E-state index in [1.54, 1.807) is 0 Å². The second-order valence-electron chi connectivity index (χ2n) is 4.87. The molecule has 0 spiro atoms. The highest BCUT2D eigenvalue weighted by atomic mass is 15.1. The zero-order valence-electron chi connectivity index (χ0n) is 11.4. The molecule has 0 saturated carbocycles. The summed E-state index contributed by atoms with van der Waals surface area (Å²) in [7, 11) is 2.15. The smallest absolute Gasteiger partial charge is 0.0300 e. The molecule has 1 aromatic carbocycles. The van der Waals surface area contributed by atoms with Gasteiger partial charge in [-0.2, -0.15) is 0 Å². The molecule has 2 rings (SSSR count). The van der Waals surface area contributed by atoms with Crippen LogP contribution in [-0.4, -0.2) is 23.5 Å². The van der Waals surface area contributed by atoms with Crippen molar-refractivity contribution in [3.05, 3.63) is 65.5 Å². The molecule has 0 unspecified atom stereocenters. The first-order chi connectivity index (χ1) is 9.28. The van der Waals surface area contributed by atoms with Gasteiger partial charge >= 0.3 is 0 Å². The lowest BCUT2D eigenvalue weighted by Crippen LogP contribution is -2.20. The van der Waals surface area contributed by atoms with Gasteiger partial charge in [-0.05, 0) is 36.2 Å². The van der Waals surface area contributed by atoms with Crippen molar-refractivity contribution >= 4 is 0 Å². The molecule has 1 aromatic heterocycles. The largest absolute Gasteiger partial charge is 0.326 e. The quantitative estimate of drug-likeness (QED) is 0.860. The lowest BCUT2D eigenvalue weighted by Gasteiger charge is -2.16. The van der Waals surface area contributed by atoms with Gasteiger partial charge in [0.15, 0.2) is 0 Å². The van der Waals surface area contributed by atoms with Crippen LogP contribution in [0.5, 0.6) is 0 Å². The van der Waals surface area contributed by atoms with E-state index in [1.165, 1.54) is 16.7 Å². The third kappa shape index (κ3) is 4.47. The van der Waals surface area contributed by atoms with E-state index in [0.29, 0.717) is 6.54 Å². The molecule has 19 heavy (non-hydrogen) atoms. The summed E-state index contributed by atoms with van der Waals surface area (Å²) in [4.78, 5) is 6.46. The Hall–Kier alpha value is -1.71. The molecular weight excluding hydrogens is 234 g/mol. The number of pyridine rings is 1. The second-order valence-corrected chi connectivity index (χ2v) is 4.87. The van der Waals surface area contributed by atoms with Gasteiger partial charge in [0.2, 0.25) is 0 Å². The van der Waals surface area contributed by atoms with Crippen molar-refractivity contribution in [2.75, 3.05) is 13.6 Å². The highest BCUT2D eigenvalue weighted by Crippen LogP contribution is 2.07. The first-order valence-corrected chi connectivity index (χ1v) is 6.63. The summed E-state index contributed by atoms with van der Waals surface area (Å²) in [5, 5.41) is 0. The zero-order chi connectivity index (χ0) is 13.5. The van der Waals surface area contributed by atoms with Crippen molar-refractivity contribution < 1.29 is 0 Å². The molecule has 0 aliphatic heterocycles. The summed E-state index contributed by atoms with van der Waals surface area (Å²) >= 11 is 0. The van der Waals surface area contributed by atoms with Crippen molar-refractivity contribution in [2.45, 2.75) is 19.5 Å². The van der Waals surface area contributed by atoms with Gasteiger partial charge in [-0.25, -0.2) is 0 Å². The van der Waals surface area contributed by atoms with E-state index in [-0.39, 0.29) is 0 Å². The summed E-state index contributed by atoms with van der Waals surface area (Å²) in [5.74, 6) is 0. The Balaban J connectivity index is 1.82. The number of likely N-dealkylation sites (N-methyl/N-ethyl adjacent to an activating group) is 1. The third-order valence-electron chi connectivity index (χ3n) is 3.22. The first-order valence-electron chi connectivity index (χ1n) is 6.63. The van der Waals surface area contributed by atoms with Crippen molar-refractivity contribution in [3.63, 3.8) is 0 Å². The van der Waals surface area contributed by atoms with Gasteiger partial charge in [-0.15, -0.1) is 0 Å². The molecule has 3 heteroatoms.